The molecule has 2 aliphatic carbocycles. The van der Waals surface area contributed by atoms with Gasteiger partial charge in [-0.25, -0.2) is 8.78 Å². The summed E-state index contributed by atoms with van der Waals surface area (Å²) in [4.78, 5) is 23.8. The molecule has 0 unspecified atom stereocenters. The third kappa shape index (κ3) is 8.80. The number of nitrogens with one attached hydrogen (secondary N) is 2. The zero-order valence-corrected chi connectivity index (χ0v) is 28.6. The number of carbonyl (C=O) groups excluding carboxylic acids is 2. The molecule has 2 amide bonds. The fourth-order valence-electron chi connectivity index (χ4n) is 6.48. The van der Waals surface area contributed by atoms with E-state index in [0.29, 0.717) is 51.4 Å². The van der Waals surface area contributed by atoms with Gasteiger partial charge in [-0.05, 0) is 107 Å². The summed E-state index contributed by atoms with van der Waals surface area (Å²) >= 11 is 0. The van der Waals surface area contributed by atoms with E-state index in [1.807, 2.05) is 74.5 Å². The number of benzene rings is 4. The summed E-state index contributed by atoms with van der Waals surface area (Å²) in [7, 11) is 0. The Kier molecular flexibility index (Phi) is 12.5. The number of hydrogen-bond donors (Lipinski definition) is 4. The summed E-state index contributed by atoms with van der Waals surface area (Å²) in [6.07, 6.45) is 4.86. The zero-order chi connectivity index (χ0) is 35.6. The van der Waals surface area contributed by atoms with Gasteiger partial charge >= 0.3 is 0 Å². The van der Waals surface area contributed by atoms with Crippen molar-refractivity contribution in [2.75, 3.05) is 0 Å². The van der Waals surface area contributed by atoms with E-state index in [1.54, 1.807) is 12.1 Å². The average molecular weight is 679 g/mol. The monoisotopic (exact) mass is 678 g/mol. The van der Waals surface area contributed by atoms with Crippen molar-refractivity contribution in [3.05, 3.63) is 152 Å². The van der Waals surface area contributed by atoms with Crippen LogP contribution in [0.2, 0.25) is 0 Å². The van der Waals surface area contributed by atoms with E-state index < -0.39 is 0 Å². The highest BCUT2D eigenvalue weighted by Gasteiger charge is 2.24. The van der Waals surface area contributed by atoms with Gasteiger partial charge in [0.2, 0.25) is 11.8 Å². The van der Waals surface area contributed by atoms with Gasteiger partial charge in [0.1, 0.15) is 11.6 Å². The number of aliphatic hydroxyl groups is 2. The van der Waals surface area contributed by atoms with Crippen molar-refractivity contribution in [3.8, 4) is 0 Å². The smallest absolute Gasteiger partial charge is 0.223 e. The third-order valence-corrected chi connectivity index (χ3v) is 9.22. The Bertz CT molecular complexity index is 1760. The molecule has 4 aromatic carbocycles. The summed E-state index contributed by atoms with van der Waals surface area (Å²) in [6, 6.07) is 26.5. The Balaban J connectivity index is 0.000000194. The molecule has 8 heteroatoms. The molecule has 6 nitrogen and oxygen atoms in total. The highest BCUT2D eigenvalue weighted by Crippen LogP contribution is 2.36. The predicted octanol–water partition coefficient (Wildman–Crippen LogP) is 7.49. The minimum atomic E-state index is -0.374. The first kappa shape index (κ1) is 36.4. The van der Waals surface area contributed by atoms with Crippen LogP contribution in [0.25, 0.3) is 11.1 Å². The van der Waals surface area contributed by atoms with E-state index in [1.165, 1.54) is 12.1 Å². The van der Waals surface area contributed by atoms with Crippen molar-refractivity contribution in [1.82, 2.24) is 10.6 Å². The molecule has 0 radical (unpaired) electrons. The predicted molar refractivity (Wildman–Crippen MR) is 192 cm³/mol. The van der Waals surface area contributed by atoms with Gasteiger partial charge in [0.05, 0.1) is 13.2 Å². The first-order chi connectivity index (χ1) is 24.2. The van der Waals surface area contributed by atoms with Crippen LogP contribution in [0, 0.1) is 11.6 Å². The van der Waals surface area contributed by atoms with Crippen molar-refractivity contribution in [1.29, 1.82) is 0 Å². The van der Waals surface area contributed by atoms with Gasteiger partial charge in [-0.3, -0.25) is 9.59 Å². The maximum atomic E-state index is 14.0. The fraction of sp³-hybridized carbons (Fsp3) is 0.286. The summed E-state index contributed by atoms with van der Waals surface area (Å²) in [5, 5.41) is 24.9. The van der Waals surface area contributed by atoms with Gasteiger partial charge in [0.15, 0.2) is 0 Å². The second kappa shape index (κ2) is 17.1. The van der Waals surface area contributed by atoms with Crippen molar-refractivity contribution in [2.45, 2.75) is 78.4 Å². The van der Waals surface area contributed by atoms with E-state index in [9.17, 15) is 28.6 Å². The Morgan fingerprint density at radius 1 is 0.600 bits per heavy atom. The molecule has 0 saturated carbocycles. The van der Waals surface area contributed by atoms with E-state index in [0.717, 1.165) is 55.9 Å². The lowest BCUT2D eigenvalue weighted by atomic mass is 9.84. The molecular weight excluding hydrogens is 634 g/mol. The first-order valence-corrected chi connectivity index (χ1v) is 17.2. The number of rotatable bonds is 10. The van der Waals surface area contributed by atoms with Crippen molar-refractivity contribution < 1.29 is 28.6 Å². The summed E-state index contributed by atoms with van der Waals surface area (Å²) < 4.78 is 28.1. The van der Waals surface area contributed by atoms with Crippen molar-refractivity contribution in [3.63, 3.8) is 0 Å². The Morgan fingerprint density at radius 2 is 0.980 bits per heavy atom. The first-order valence-electron chi connectivity index (χ1n) is 17.2. The maximum Gasteiger partial charge on any atom is 0.223 e. The van der Waals surface area contributed by atoms with Gasteiger partial charge in [-0.1, -0.05) is 74.5 Å². The number of amides is 2. The number of allylic oxidation sites excluding steroid dienone is 4. The molecule has 4 N–H and O–H groups in total. The van der Waals surface area contributed by atoms with Crippen LogP contribution >= 0.6 is 0 Å². The van der Waals surface area contributed by atoms with Gasteiger partial charge in [0.25, 0.3) is 0 Å². The molecule has 4 aromatic rings. The molecule has 0 atom stereocenters. The summed E-state index contributed by atoms with van der Waals surface area (Å²) in [5.74, 6) is -0.787. The summed E-state index contributed by atoms with van der Waals surface area (Å²) in [5.41, 5.74) is 10.3. The molecule has 0 fully saturated rings. The van der Waals surface area contributed by atoms with Crippen LogP contribution in [0.4, 0.5) is 8.78 Å². The molecule has 2 aliphatic rings. The maximum absolute atomic E-state index is 14.0. The van der Waals surface area contributed by atoms with Gasteiger partial charge in [-0.15, -0.1) is 0 Å². The Hall–Kier alpha value is -4.92. The van der Waals surface area contributed by atoms with Crippen LogP contribution in [0.3, 0.4) is 0 Å². The van der Waals surface area contributed by atoms with Crippen LogP contribution < -0.4 is 10.6 Å². The number of hydrogen-bond acceptors (Lipinski definition) is 4. The highest BCUT2D eigenvalue weighted by molar-refractivity contribution is 5.84. The van der Waals surface area contributed by atoms with E-state index >= 15 is 0 Å². The number of carbonyl (C=O) groups is 2. The molecule has 0 aromatic heterocycles. The van der Waals surface area contributed by atoms with E-state index in [2.05, 4.69) is 10.6 Å². The second-order valence-corrected chi connectivity index (χ2v) is 12.6. The van der Waals surface area contributed by atoms with Crippen LogP contribution in [0.15, 0.2) is 96.3 Å². The number of aryl methyl sites for hydroxylation is 2. The molecule has 50 heavy (non-hydrogen) atoms. The number of halogens is 2. The number of fused-ring (bicyclic) bond motifs is 2. The zero-order valence-electron chi connectivity index (χ0n) is 28.6. The van der Waals surface area contributed by atoms with Crippen LogP contribution in [0.1, 0.15) is 84.0 Å². The summed E-state index contributed by atoms with van der Waals surface area (Å²) in [6.45, 7) is 2.97. The standard InChI is InChI=1S/2C21H22FNO2/c2*1-2-21(25)23-20-9-8-15-12-19(22)16(13-24)11-17(15)18(20)10-14-6-4-3-5-7-14/h2*3-7,11-12,24H,2,8-10,13H2,1H3,(H,23,25). The van der Waals surface area contributed by atoms with Crippen LogP contribution in [-0.2, 0) is 48.5 Å². The van der Waals surface area contributed by atoms with Crippen molar-refractivity contribution >= 4 is 23.0 Å². The molecule has 0 spiro atoms. The quantitative estimate of drug-likeness (QED) is 0.140. The van der Waals surface area contributed by atoms with Crippen LogP contribution in [0.5, 0.6) is 0 Å². The Labute approximate surface area is 292 Å². The molecule has 0 aliphatic heterocycles. The molecule has 0 saturated heterocycles. The highest BCUT2D eigenvalue weighted by atomic mass is 19.1. The molecule has 260 valence electrons. The number of aliphatic hydroxyl groups excluding tert-OH is 2. The molecule has 0 heterocycles. The molecular formula is C42H44F2N2O4. The lowest BCUT2D eigenvalue weighted by Crippen LogP contribution is -2.26. The lowest BCUT2D eigenvalue weighted by Gasteiger charge is -2.25. The minimum absolute atomic E-state index is 0.0199. The lowest BCUT2D eigenvalue weighted by molar-refractivity contribution is -0.120. The third-order valence-electron chi connectivity index (χ3n) is 9.22. The van der Waals surface area contributed by atoms with Crippen molar-refractivity contribution in [2.24, 2.45) is 0 Å². The minimum Gasteiger partial charge on any atom is -0.392 e. The van der Waals surface area contributed by atoms with Crippen LogP contribution in [-0.4, -0.2) is 22.0 Å². The molecule has 6 rings (SSSR count). The van der Waals surface area contributed by atoms with E-state index in [4.69, 9.17) is 0 Å². The fourth-order valence-corrected chi connectivity index (χ4v) is 6.48. The van der Waals surface area contributed by atoms with E-state index in [-0.39, 0.29) is 47.8 Å². The largest absolute Gasteiger partial charge is 0.392 e. The SMILES string of the molecule is CCC(=O)NC1=C(Cc2ccccc2)c2cc(CO)c(F)cc2CC1.CCC(=O)NC1=C(Cc2ccccc2)c2cc(CO)c(F)cc2CC1. The van der Waals surface area contributed by atoms with Gasteiger partial charge in [-0.2, -0.15) is 0 Å². The van der Waals surface area contributed by atoms with Gasteiger partial charge in [0, 0.05) is 35.4 Å². The normalized spacial score (nSPS) is 13.6. The van der Waals surface area contributed by atoms with Gasteiger partial charge < -0.3 is 20.8 Å². The molecule has 0 bridgehead atoms. The Morgan fingerprint density at radius 3 is 1.32 bits per heavy atom. The average Bonchev–Trinajstić information content (AvgIpc) is 3.14. The topological polar surface area (TPSA) is 98.7 Å². The second-order valence-electron chi connectivity index (χ2n) is 12.6.